The van der Waals surface area contributed by atoms with Gasteiger partial charge in [0, 0.05) is 34.3 Å². The van der Waals surface area contributed by atoms with Crippen LogP contribution in [0.25, 0.3) is 21.9 Å². The number of halogens is 1. The Bertz CT molecular complexity index is 1050. The molecule has 5 heteroatoms. The molecule has 1 aliphatic heterocycles. The van der Waals surface area contributed by atoms with Crippen molar-refractivity contribution in [2.45, 2.75) is 13.0 Å². The van der Waals surface area contributed by atoms with E-state index in [9.17, 15) is 9.59 Å². The Morgan fingerprint density at radius 2 is 1.92 bits per heavy atom. The second kappa shape index (κ2) is 5.49. The average Bonchev–Trinajstić information content (AvgIpc) is 2.97. The van der Waals surface area contributed by atoms with Crippen LogP contribution in [-0.4, -0.2) is 17.5 Å². The van der Waals surface area contributed by atoms with E-state index in [4.69, 9.17) is 16.3 Å². The van der Waals surface area contributed by atoms with Gasteiger partial charge >= 0.3 is 0 Å². The molecule has 0 aliphatic carbocycles. The number of methoxy groups -OCH3 is 1. The molecule has 1 aromatic heterocycles. The van der Waals surface area contributed by atoms with Gasteiger partial charge in [0.25, 0.3) is 5.56 Å². The number of hydrogen-bond acceptors (Lipinski definition) is 3. The van der Waals surface area contributed by atoms with Crippen LogP contribution in [0.1, 0.15) is 16.9 Å². The molecule has 0 spiro atoms. The summed E-state index contributed by atoms with van der Waals surface area (Å²) in [5.74, 6) is 0.618. The summed E-state index contributed by atoms with van der Waals surface area (Å²) >= 11 is 6.14. The summed E-state index contributed by atoms with van der Waals surface area (Å²) in [5, 5.41) is 1.87. The largest absolute Gasteiger partial charge is 0.497 e. The van der Waals surface area contributed by atoms with Gasteiger partial charge in [0.15, 0.2) is 5.78 Å². The molecule has 4 rings (SSSR count). The number of benzene rings is 2. The van der Waals surface area contributed by atoms with Crippen LogP contribution >= 0.6 is 11.6 Å². The Labute approximate surface area is 143 Å². The fourth-order valence-electron chi connectivity index (χ4n) is 3.32. The van der Waals surface area contributed by atoms with E-state index in [0.717, 1.165) is 11.1 Å². The van der Waals surface area contributed by atoms with Gasteiger partial charge in [0.05, 0.1) is 12.8 Å². The van der Waals surface area contributed by atoms with E-state index in [1.165, 1.54) is 0 Å². The zero-order chi connectivity index (χ0) is 16.8. The van der Waals surface area contributed by atoms with Crippen molar-refractivity contribution < 1.29 is 9.53 Å². The summed E-state index contributed by atoms with van der Waals surface area (Å²) in [6.45, 7) is 0.419. The first-order chi connectivity index (χ1) is 11.6. The average molecular weight is 340 g/mol. The van der Waals surface area contributed by atoms with Crippen molar-refractivity contribution in [3.8, 4) is 16.9 Å². The van der Waals surface area contributed by atoms with Crippen molar-refractivity contribution in [3.05, 3.63) is 63.5 Å². The summed E-state index contributed by atoms with van der Waals surface area (Å²) in [7, 11) is 1.58. The number of carbonyl (C=O) groups is 1. The molecule has 0 bridgehead atoms. The summed E-state index contributed by atoms with van der Waals surface area (Å²) in [6.07, 6.45) is 0.344. The SMILES string of the molecule is COc1ccc2c(=O)n3c(c(-c4cccc(Cl)c4)c2c1)C(=O)CC3. The van der Waals surface area contributed by atoms with Gasteiger partial charge in [0.2, 0.25) is 0 Å². The van der Waals surface area contributed by atoms with Crippen LogP contribution < -0.4 is 10.3 Å². The highest BCUT2D eigenvalue weighted by molar-refractivity contribution is 6.31. The molecule has 2 heterocycles. The van der Waals surface area contributed by atoms with Gasteiger partial charge in [-0.1, -0.05) is 23.7 Å². The van der Waals surface area contributed by atoms with Crippen molar-refractivity contribution >= 4 is 28.2 Å². The van der Waals surface area contributed by atoms with E-state index in [-0.39, 0.29) is 11.3 Å². The molecule has 0 atom stereocenters. The van der Waals surface area contributed by atoms with Crippen molar-refractivity contribution in [3.63, 3.8) is 0 Å². The third-order valence-electron chi connectivity index (χ3n) is 4.42. The Kier molecular flexibility index (Phi) is 3.43. The van der Waals surface area contributed by atoms with Crippen LogP contribution in [0.5, 0.6) is 5.75 Å². The van der Waals surface area contributed by atoms with Crippen molar-refractivity contribution in [2.75, 3.05) is 7.11 Å². The van der Waals surface area contributed by atoms with E-state index in [1.807, 2.05) is 18.2 Å². The number of Topliss-reactive ketones (excluding diaryl/α,β-unsaturated/α-hetero) is 1. The van der Waals surface area contributed by atoms with Crippen LogP contribution in [0.2, 0.25) is 5.02 Å². The molecule has 3 aromatic rings. The highest BCUT2D eigenvalue weighted by Crippen LogP contribution is 2.36. The summed E-state index contributed by atoms with van der Waals surface area (Å²) in [6, 6.07) is 12.6. The molecule has 0 radical (unpaired) electrons. The van der Waals surface area contributed by atoms with Crippen LogP contribution in [0.3, 0.4) is 0 Å². The topological polar surface area (TPSA) is 48.3 Å². The zero-order valence-electron chi connectivity index (χ0n) is 13.0. The first kappa shape index (κ1) is 15.0. The number of nitrogens with zero attached hydrogens (tertiary/aromatic N) is 1. The minimum atomic E-state index is -0.140. The minimum absolute atomic E-state index is 0.0215. The van der Waals surface area contributed by atoms with Gasteiger partial charge in [0.1, 0.15) is 5.75 Å². The van der Waals surface area contributed by atoms with Crippen LogP contribution in [0, 0.1) is 0 Å². The molecular weight excluding hydrogens is 326 g/mol. The third-order valence-corrected chi connectivity index (χ3v) is 4.65. The highest BCUT2D eigenvalue weighted by atomic mass is 35.5. The van der Waals surface area contributed by atoms with Crippen molar-refractivity contribution in [1.82, 2.24) is 4.57 Å². The second-order valence-corrected chi connectivity index (χ2v) is 6.21. The molecule has 120 valence electrons. The lowest BCUT2D eigenvalue weighted by Crippen LogP contribution is -2.21. The molecule has 0 N–H and O–H groups in total. The first-order valence-electron chi connectivity index (χ1n) is 7.64. The van der Waals surface area contributed by atoms with Gasteiger partial charge in [-0.15, -0.1) is 0 Å². The standard InChI is InChI=1S/C19H14ClNO3/c1-24-13-5-6-14-15(10-13)17(11-3-2-4-12(20)9-11)18-16(22)7-8-21(18)19(14)23/h2-6,9-10H,7-8H2,1H3. The predicted molar refractivity (Wildman–Crippen MR) is 94.2 cm³/mol. The lowest BCUT2D eigenvalue weighted by Gasteiger charge is -2.14. The van der Waals surface area contributed by atoms with E-state index >= 15 is 0 Å². The van der Waals surface area contributed by atoms with Crippen LogP contribution in [-0.2, 0) is 6.54 Å². The Hall–Kier alpha value is -2.59. The summed E-state index contributed by atoms with van der Waals surface area (Å²) < 4.78 is 6.88. The van der Waals surface area contributed by atoms with Gasteiger partial charge in [-0.3, -0.25) is 9.59 Å². The maximum absolute atomic E-state index is 12.8. The van der Waals surface area contributed by atoms with Crippen molar-refractivity contribution in [2.24, 2.45) is 0 Å². The number of ether oxygens (including phenoxy) is 1. The van der Waals surface area contributed by atoms with Gasteiger partial charge in [-0.2, -0.15) is 0 Å². The quantitative estimate of drug-likeness (QED) is 0.711. The van der Waals surface area contributed by atoms with Gasteiger partial charge in [-0.25, -0.2) is 0 Å². The molecule has 0 unspecified atom stereocenters. The zero-order valence-corrected chi connectivity index (χ0v) is 13.8. The Morgan fingerprint density at radius 3 is 2.67 bits per heavy atom. The number of aromatic nitrogens is 1. The summed E-state index contributed by atoms with van der Waals surface area (Å²) in [4.78, 5) is 25.2. The molecule has 0 fully saturated rings. The number of rotatable bonds is 2. The molecule has 4 nitrogen and oxygen atoms in total. The predicted octanol–water partition coefficient (Wildman–Crippen LogP) is 3.92. The Morgan fingerprint density at radius 1 is 1.08 bits per heavy atom. The van der Waals surface area contributed by atoms with Crippen LogP contribution in [0.15, 0.2) is 47.3 Å². The molecule has 1 aliphatic rings. The molecule has 0 saturated carbocycles. The Balaban J connectivity index is 2.21. The van der Waals surface area contributed by atoms with Crippen molar-refractivity contribution in [1.29, 1.82) is 0 Å². The number of hydrogen-bond donors (Lipinski definition) is 0. The molecular formula is C19H14ClNO3. The maximum atomic E-state index is 12.8. The van der Waals surface area contributed by atoms with E-state index in [0.29, 0.717) is 40.2 Å². The third kappa shape index (κ3) is 2.14. The second-order valence-electron chi connectivity index (χ2n) is 5.78. The van der Waals surface area contributed by atoms with Gasteiger partial charge in [-0.05, 0) is 35.9 Å². The van der Waals surface area contributed by atoms with Crippen LogP contribution in [0.4, 0.5) is 0 Å². The number of fused-ring (bicyclic) bond motifs is 2. The van der Waals surface area contributed by atoms with Gasteiger partial charge < -0.3 is 9.30 Å². The van der Waals surface area contributed by atoms with E-state index in [2.05, 4.69) is 0 Å². The lowest BCUT2D eigenvalue weighted by atomic mass is 9.96. The first-order valence-corrected chi connectivity index (χ1v) is 8.01. The van der Waals surface area contributed by atoms with E-state index < -0.39 is 0 Å². The fraction of sp³-hybridized carbons (Fsp3) is 0.158. The highest BCUT2D eigenvalue weighted by Gasteiger charge is 2.28. The minimum Gasteiger partial charge on any atom is -0.497 e. The molecule has 0 saturated heterocycles. The normalized spacial score (nSPS) is 13.3. The lowest BCUT2D eigenvalue weighted by molar-refractivity contribution is 0.0995. The molecule has 2 aromatic carbocycles. The molecule has 0 amide bonds. The monoisotopic (exact) mass is 339 g/mol. The van der Waals surface area contributed by atoms with E-state index in [1.54, 1.807) is 35.9 Å². The number of ketones is 1. The number of pyridine rings is 1. The molecule has 24 heavy (non-hydrogen) atoms. The smallest absolute Gasteiger partial charge is 0.259 e. The summed E-state index contributed by atoms with van der Waals surface area (Å²) in [5.41, 5.74) is 1.88. The number of carbonyl (C=O) groups excluding carboxylic acids is 1. The fourth-order valence-corrected chi connectivity index (χ4v) is 3.51. The maximum Gasteiger partial charge on any atom is 0.259 e.